The summed E-state index contributed by atoms with van der Waals surface area (Å²) >= 11 is 0. The van der Waals surface area contributed by atoms with Crippen LogP contribution in [0.1, 0.15) is 26.3 Å². The molecule has 3 heteroatoms. The van der Waals surface area contributed by atoms with E-state index in [-0.39, 0.29) is 17.2 Å². The van der Waals surface area contributed by atoms with E-state index in [9.17, 15) is 5.11 Å². The zero-order valence-electron chi connectivity index (χ0n) is 10.4. The standard InChI is InChI=1S/C13H21NO2/c1-13(2,3)12(14)8-9-5-6-10(15)11(7-9)16-4/h5-7,12,15H,8,14H2,1-4H3. The molecule has 0 radical (unpaired) electrons. The Balaban J connectivity index is 2.82. The van der Waals surface area contributed by atoms with Gasteiger partial charge in [-0.05, 0) is 29.5 Å². The molecule has 1 atom stereocenters. The summed E-state index contributed by atoms with van der Waals surface area (Å²) in [4.78, 5) is 0. The number of hydrogen-bond donors (Lipinski definition) is 2. The van der Waals surface area contributed by atoms with Gasteiger partial charge in [0.25, 0.3) is 0 Å². The molecular weight excluding hydrogens is 202 g/mol. The third kappa shape index (κ3) is 3.14. The minimum absolute atomic E-state index is 0.0745. The van der Waals surface area contributed by atoms with E-state index in [2.05, 4.69) is 20.8 Å². The van der Waals surface area contributed by atoms with Gasteiger partial charge in [-0.2, -0.15) is 0 Å². The lowest BCUT2D eigenvalue weighted by Gasteiger charge is -2.27. The first-order valence-corrected chi connectivity index (χ1v) is 5.46. The minimum Gasteiger partial charge on any atom is -0.504 e. The molecule has 1 aromatic rings. The fourth-order valence-corrected chi connectivity index (χ4v) is 1.41. The van der Waals surface area contributed by atoms with E-state index in [4.69, 9.17) is 10.5 Å². The molecule has 1 aromatic carbocycles. The molecule has 3 nitrogen and oxygen atoms in total. The smallest absolute Gasteiger partial charge is 0.160 e. The Hall–Kier alpha value is -1.22. The Morgan fingerprint density at radius 1 is 1.38 bits per heavy atom. The predicted octanol–water partition coefficient (Wildman–Crippen LogP) is 2.32. The van der Waals surface area contributed by atoms with Crippen molar-refractivity contribution < 1.29 is 9.84 Å². The Morgan fingerprint density at radius 3 is 2.50 bits per heavy atom. The lowest BCUT2D eigenvalue weighted by Crippen LogP contribution is -2.36. The highest BCUT2D eigenvalue weighted by Gasteiger charge is 2.21. The second kappa shape index (κ2) is 4.74. The van der Waals surface area contributed by atoms with E-state index in [0.717, 1.165) is 12.0 Å². The monoisotopic (exact) mass is 223 g/mol. The summed E-state index contributed by atoms with van der Waals surface area (Å²) in [7, 11) is 1.54. The van der Waals surface area contributed by atoms with Crippen LogP contribution in [0.3, 0.4) is 0 Å². The molecule has 0 aliphatic heterocycles. The maximum absolute atomic E-state index is 9.47. The van der Waals surface area contributed by atoms with Crippen molar-refractivity contribution in [2.45, 2.75) is 33.2 Å². The lowest BCUT2D eigenvalue weighted by atomic mass is 9.84. The van der Waals surface area contributed by atoms with Gasteiger partial charge in [0, 0.05) is 6.04 Å². The first-order chi connectivity index (χ1) is 7.34. The summed E-state index contributed by atoms with van der Waals surface area (Å²) in [5, 5.41) is 9.47. The molecule has 0 bridgehead atoms. The van der Waals surface area contributed by atoms with Crippen molar-refractivity contribution in [3.8, 4) is 11.5 Å². The van der Waals surface area contributed by atoms with Gasteiger partial charge in [0.1, 0.15) is 0 Å². The molecule has 90 valence electrons. The zero-order chi connectivity index (χ0) is 12.3. The highest BCUT2D eigenvalue weighted by molar-refractivity contribution is 5.42. The molecule has 0 heterocycles. The van der Waals surface area contributed by atoms with Gasteiger partial charge in [0.05, 0.1) is 7.11 Å². The van der Waals surface area contributed by atoms with Crippen LogP contribution >= 0.6 is 0 Å². The minimum atomic E-state index is 0.0745. The maximum Gasteiger partial charge on any atom is 0.160 e. The number of aromatic hydroxyl groups is 1. The van der Waals surface area contributed by atoms with Crippen LogP contribution in [0.15, 0.2) is 18.2 Å². The van der Waals surface area contributed by atoms with Crippen molar-refractivity contribution in [3.63, 3.8) is 0 Å². The van der Waals surface area contributed by atoms with E-state index in [1.807, 2.05) is 12.1 Å². The highest BCUT2D eigenvalue weighted by atomic mass is 16.5. The predicted molar refractivity (Wildman–Crippen MR) is 65.8 cm³/mol. The van der Waals surface area contributed by atoms with Gasteiger partial charge < -0.3 is 15.6 Å². The molecular formula is C13H21NO2. The molecule has 16 heavy (non-hydrogen) atoms. The molecule has 3 N–H and O–H groups in total. The Morgan fingerprint density at radius 2 is 2.00 bits per heavy atom. The summed E-state index contributed by atoms with van der Waals surface area (Å²) in [6.45, 7) is 6.36. The number of phenols is 1. The van der Waals surface area contributed by atoms with Gasteiger partial charge in [-0.3, -0.25) is 0 Å². The van der Waals surface area contributed by atoms with Crippen molar-refractivity contribution >= 4 is 0 Å². The molecule has 1 rings (SSSR count). The van der Waals surface area contributed by atoms with Gasteiger partial charge >= 0.3 is 0 Å². The van der Waals surface area contributed by atoms with E-state index >= 15 is 0 Å². The summed E-state index contributed by atoms with van der Waals surface area (Å²) in [6.07, 6.45) is 0.778. The van der Waals surface area contributed by atoms with Crippen LogP contribution < -0.4 is 10.5 Å². The molecule has 0 aliphatic carbocycles. The molecule has 0 saturated carbocycles. The summed E-state index contributed by atoms with van der Waals surface area (Å²) in [6, 6.07) is 5.44. The summed E-state index contributed by atoms with van der Waals surface area (Å²) in [5.74, 6) is 0.661. The van der Waals surface area contributed by atoms with Crippen molar-refractivity contribution in [2.75, 3.05) is 7.11 Å². The van der Waals surface area contributed by atoms with Crippen LogP contribution in [0.4, 0.5) is 0 Å². The van der Waals surface area contributed by atoms with Crippen LogP contribution in [-0.4, -0.2) is 18.3 Å². The number of rotatable bonds is 3. The zero-order valence-corrected chi connectivity index (χ0v) is 10.4. The molecule has 0 aliphatic rings. The number of phenolic OH excluding ortho intramolecular Hbond substituents is 1. The van der Waals surface area contributed by atoms with Crippen LogP contribution in [0.2, 0.25) is 0 Å². The van der Waals surface area contributed by atoms with Gasteiger partial charge in [-0.25, -0.2) is 0 Å². The van der Waals surface area contributed by atoms with Crippen LogP contribution in [0.5, 0.6) is 11.5 Å². The number of nitrogens with two attached hydrogens (primary N) is 1. The average molecular weight is 223 g/mol. The Kier molecular flexibility index (Phi) is 3.81. The molecule has 1 unspecified atom stereocenters. The van der Waals surface area contributed by atoms with E-state index < -0.39 is 0 Å². The van der Waals surface area contributed by atoms with Crippen molar-refractivity contribution in [2.24, 2.45) is 11.1 Å². The van der Waals surface area contributed by atoms with Crippen LogP contribution in [0.25, 0.3) is 0 Å². The number of hydrogen-bond acceptors (Lipinski definition) is 3. The molecule has 0 aromatic heterocycles. The average Bonchev–Trinajstić information content (AvgIpc) is 2.19. The van der Waals surface area contributed by atoms with E-state index in [1.54, 1.807) is 13.2 Å². The third-order valence-electron chi connectivity index (χ3n) is 2.81. The number of benzene rings is 1. The number of ether oxygens (including phenoxy) is 1. The second-order valence-corrected chi connectivity index (χ2v) is 5.18. The topological polar surface area (TPSA) is 55.5 Å². The fraction of sp³-hybridized carbons (Fsp3) is 0.538. The van der Waals surface area contributed by atoms with E-state index in [0.29, 0.717) is 5.75 Å². The van der Waals surface area contributed by atoms with Gasteiger partial charge in [-0.15, -0.1) is 0 Å². The summed E-state index contributed by atoms with van der Waals surface area (Å²) < 4.78 is 5.06. The first kappa shape index (κ1) is 12.8. The SMILES string of the molecule is COc1cc(CC(N)C(C)(C)C)ccc1O. The third-order valence-corrected chi connectivity index (χ3v) is 2.81. The first-order valence-electron chi connectivity index (χ1n) is 5.46. The van der Waals surface area contributed by atoms with Crippen molar-refractivity contribution in [1.82, 2.24) is 0 Å². The fourth-order valence-electron chi connectivity index (χ4n) is 1.41. The molecule has 0 amide bonds. The largest absolute Gasteiger partial charge is 0.504 e. The van der Waals surface area contributed by atoms with Gasteiger partial charge in [-0.1, -0.05) is 26.8 Å². The van der Waals surface area contributed by atoms with E-state index in [1.165, 1.54) is 0 Å². The second-order valence-electron chi connectivity index (χ2n) is 5.18. The maximum atomic E-state index is 9.47. The van der Waals surface area contributed by atoms with Crippen LogP contribution in [0, 0.1) is 5.41 Å². The summed E-state index contributed by atoms with van der Waals surface area (Å²) in [5.41, 5.74) is 7.26. The number of methoxy groups -OCH3 is 1. The lowest BCUT2D eigenvalue weighted by molar-refractivity contribution is 0.317. The Labute approximate surface area is 97.2 Å². The molecule has 0 spiro atoms. The normalized spacial score (nSPS) is 13.6. The van der Waals surface area contributed by atoms with Crippen LogP contribution in [-0.2, 0) is 6.42 Å². The quantitative estimate of drug-likeness (QED) is 0.826. The van der Waals surface area contributed by atoms with Crippen molar-refractivity contribution in [3.05, 3.63) is 23.8 Å². The molecule has 0 fully saturated rings. The van der Waals surface area contributed by atoms with Gasteiger partial charge in [0.2, 0.25) is 0 Å². The van der Waals surface area contributed by atoms with Gasteiger partial charge in [0.15, 0.2) is 11.5 Å². The van der Waals surface area contributed by atoms with Crippen molar-refractivity contribution in [1.29, 1.82) is 0 Å². The molecule has 0 saturated heterocycles. The Bertz CT molecular complexity index is 355. The highest BCUT2D eigenvalue weighted by Crippen LogP contribution is 2.28.